The molecular formula is C15H12N4O3S. The Bertz CT molecular complexity index is 855. The summed E-state index contributed by atoms with van der Waals surface area (Å²) in [6, 6.07) is 9.53. The fourth-order valence-corrected chi connectivity index (χ4v) is 2.55. The summed E-state index contributed by atoms with van der Waals surface area (Å²) in [5, 5.41) is 31.2. The summed E-state index contributed by atoms with van der Waals surface area (Å²) in [5.41, 5.74) is 3.65. The Morgan fingerprint density at radius 3 is 2.91 bits per heavy atom. The minimum Gasteiger partial charge on any atom is -0.508 e. The van der Waals surface area contributed by atoms with Gasteiger partial charge in [-0.05, 0) is 29.6 Å². The van der Waals surface area contributed by atoms with Crippen LogP contribution in [-0.2, 0) is 0 Å². The van der Waals surface area contributed by atoms with Gasteiger partial charge in [-0.3, -0.25) is 9.89 Å². The Morgan fingerprint density at radius 1 is 1.30 bits per heavy atom. The highest BCUT2D eigenvalue weighted by molar-refractivity contribution is 7.13. The first-order valence-electron chi connectivity index (χ1n) is 6.58. The van der Waals surface area contributed by atoms with Gasteiger partial charge in [-0.25, -0.2) is 5.43 Å². The molecule has 2 heterocycles. The lowest BCUT2D eigenvalue weighted by Crippen LogP contribution is -2.18. The SMILES string of the molecule is O=C(NN=Cc1ccc(O)cc1O)c1cc(-c2cccs2)[nH]n1. The number of hydrogen-bond acceptors (Lipinski definition) is 6. The van der Waals surface area contributed by atoms with E-state index in [1.54, 1.807) is 6.07 Å². The number of nitrogens with zero attached hydrogens (tertiary/aromatic N) is 2. The van der Waals surface area contributed by atoms with Crippen LogP contribution in [0.4, 0.5) is 0 Å². The van der Waals surface area contributed by atoms with Gasteiger partial charge in [0.2, 0.25) is 0 Å². The zero-order valence-corrected chi connectivity index (χ0v) is 12.5. The lowest BCUT2D eigenvalue weighted by Gasteiger charge is -1.99. The van der Waals surface area contributed by atoms with Crippen molar-refractivity contribution in [3.8, 4) is 22.1 Å². The third-order valence-corrected chi connectivity index (χ3v) is 3.88. The topological polar surface area (TPSA) is 111 Å². The monoisotopic (exact) mass is 328 g/mol. The summed E-state index contributed by atoms with van der Waals surface area (Å²) in [6.07, 6.45) is 1.28. The van der Waals surface area contributed by atoms with Crippen LogP contribution in [0.25, 0.3) is 10.6 Å². The van der Waals surface area contributed by atoms with Gasteiger partial charge >= 0.3 is 0 Å². The first-order valence-corrected chi connectivity index (χ1v) is 7.46. The molecule has 7 nitrogen and oxygen atoms in total. The highest BCUT2D eigenvalue weighted by Gasteiger charge is 2.11. The van der Waals surface area contributed by atoms with E-state index in [0.717, 1.165) is 10.6 Å². The Kier molecular flexibility index (Phi) is 4.07. The van der Waals surface area contributed by atoms with Crippen molar-refractivity contribution in [2.75, 3.05) is 0 Å². The average Bonchev–Trinajstić information content (AvgIpc) is 3.20. The van der Waals surface area contributed by atoms with Crippen molar-refractivity contribution < 1.29 is 15.0 Å². The molecule has 0 saturated heterocycles. The van der Waals surface area contributed by atoms with E-state index in [4.69, 9.17) is 0 Å². The Balaban J connectivity index is 1.66. The first-order chi connectivity index (χ1) is 11.1. The molecule has 23 heavy (non-hydrogen) atoms. The lowest BCUT2D eigenvalue weighted by atomic mass is 10.2. The molecule has 0 aliphatic carbocycles. The number of phenolic OH excluding ortho intramolecular Hbond substituents is 2. The third-order valence-electron chi connectivity index (χ3n) is 2.98. The number of thiophene rings is 1. The van der Waals surface area contributed by atoms with E-state index in [2.05, 4.69) is 20.7 Å². The van der Waals surface area contributed by atoms with E-state index in [0.29, 0.717) is 5.56 Å². The number of H-pyrrole nitrogens is 1. The quantitative estimate of drug-likeness (QED) is 0.435. The number of hydrazone groups is 1. The number of rotatable bonds is 4. The fourth-order valence-electron chi connectivity index (χ4n) is 1.86. The maximum absolute atomic E-state index is 12.0. The molecule has 1 amide bonds. The predicted molar refractivity (Wildman–Crippen MR) is 86.7 cm³/mol. The van der Waals surface area contributed by atoms with Gasteiger partial charge in [0.25, 0.3) is 5.91 Å². The van der Waals surface area contributed by atoms with Crippen LogP contribution in [-0.4, -0.2) is 32.5 Å². The number of phenols is 2. The van der Waals surface area contributed by atoms with Crippen molar-refractivity contribution in [1.29, 1.82) is 0 Å². The molecule has 0 atom stereocenters. The molecule has 0 aliphatic rings. The number of aromatic amines is 1. The first kappa shape index (κ1) is 14.8. The molecule has 4 N–H and O–H groups in total. The summed E-state index contributed by atoms with van der Waals surface area (Å²) in [7, 11) is 0. The maximum atomic E-state index is 12.0. The van der Waals surface area contributed by atoms with Gasteiger partial charge in [0, 0.05) is 11.6 Å². The van der Waals surface area contributed by atoms with Crippen LogP contribution in [0.5, 0.6) is 11.5 Å². The van der Waals surface area contributed by atoms with Crippen molar-refractivity contribution in [1.82, 2.24) is 15.6 Å². The highest BCUT2D eigenvalue weighted by atomic mass is 32.1. The summed E-state index contributed by atoms with van der Waals surface area (Å²) in [5.74, 6) is -0.664. The minimum atomic E-state index is -0.474. The summed E-state index contributed by atoms with van der Waals surface area (Å²) in [6.45, 7) is 0. The van der Waals surface area contributed by atoms with Gasteiger partial charge in [-0.2, -0.15) is 10.2 Å². The van der Waals surface area contributed by atoms with Gasteiger partial charge in [0.1, 0.15) is 11.5 Å². The molecule has 0 aliphatic heterocycles. The number of carbonyl (C=O) groups is 1. The second kappa shape index (κ2) is 6.32. The number of aromatic hydroxyl groups is 2. The van der Waals surface area contributed by atoms with E-state index in [-0.39, 0.29) is 17.2 Å². The van der Waals surface area contributed by atoms with Gasteiger partial charge in [0.05, 0.1) is 16.8 Å². The van der Waals surface area contributed by atoms with Crippen molar-refractivity contribution in [2.45, 2.75) is 0 Å². The molecule has 2 aromatic heterocycles. The summed E-state index contributed by atoms with van der Waals surface area (Å²) in [4.78, 5) is 12.9. The van der Waals surface area contributed by atoms with E-state index >= 15 is 0 Å². The molecular weight excluding hydrogens is 316 g/mol. The molecule has 3 aromatic rings. The Labute approximate surface area is 134 Å². The van der Waals surface area contributed by atoms with E-state index in [9.17, 15) is 15.0 Å². The Hall–Kier alpha value is -3.13. The van der Waals surface area contributed by atoms with Gasteiger partial charge in [0.15, 0.2) is 5.69 Å². The molecule has 0 bridgehead atoms. The normalized spacial score (nSPS) is 11.0. The van der Waals surface area contributed by atoms with Crippen LogP contribution in [0.1, 0.15) is 16.1 Å². The van der Waals surface area contributed by atoms with Crippen LogP contribution in [0, 0.1) is 0 Å². The van der Waals surface area contributed by atoms with Crippen LogP contribution in [0.2, 0.25) is 0 Å². The molecule has 1 aromatic carbocycles. The molecule has 0 spiro atoms. The number of amides is 1. The predicted octanol–water partition coefficient (Wildman–Crippen LogP) is 2.31. The molecule has 0 fully saturated rings. The van der Waals surface area contributed by atoms with Gasteiger partial charge < -0.3 is 10.2 Å². The molecule has 0 saturated carbocycles. The van der Waals surface area contributed by atoms with Crippen LogP contribution >= 0.6 is 11.3 Å². The minimum absolute atomic E-state index is 0.0543. The highest BCUT2D eigenvalue weighted by Crippen LogP contribution is 2.23. The number of nitrogens with one attached hydrogen (secondary N) is 2. The van der Waals surface area contributed by atoms with Gasteiger partial charge in [-0.15, -0.1) is 11.3 Å². The standard InChI is InChI=1S/C15H12N4O3S/c20-10-4-3-9(13(21)6-10)8-16-19-15(22)12-7-11(17-18-12)14-2-1-5-23-14/h1-8,20-21H,(H,17,18)(H,19,22). The second-order valence-corrected chi connectivity index (χ2v) is 5.53. The smallest absolute Gasteiger partial charge is 0.291 e. The number of hydrogen-bond donors (Lipinski definition) is 4. The van der Waals surface area contributed by atoms with Gasteiger partial charge in [-0.1, -0.05) is 6.07 Å². The maximum Gasteiger partial charge on any atom is 0.291 e. The molecule has 8 heteroatoms. The van der Waals surface area contributed by atoms with Crippen molar-refractivity contribution >= 4 is 23.5 Å². The zero-order chi connectivity index (χ0) is 16.2. The number of aromatic nitrogens is 2. The molecule has 0 unspecified atom stereocenters. The van der Waals surface area contributed by atoms with Crippen molar-refractivity contribution in [2.24, 2.45) is 5.10 Å². The lowest BCUT2D eigenvalue weighted by molar-refractivity contribution is 0.0950. The molecule has 0 radical (unpaired) electrons. The van der Waals surface area contributed by atoms with E-state index < -0.39 is 5.91 Å². The fraction of sp³-hybridized carbons (Fsp3) is 0. The molecule has 3 rings (SSSR count). The van der Waals surface area contributed by atoms with Crippen molar-refractivity contribution in [3.05, 3.63) is 53.0 Å². The Morgan fingerprint density at radius 2 is 2.17 bits per heavy atom. The van der Waals surface area contributed by atoms with Crippen LogP contribution in [0.3, 0.4) is 0 Å². The third kappa shape index (κ3) is 3.38. The largest absolute Gasteiger partial charge is 0.508 e. The number of carbonyl (C=O) groups excluding carboxylic acids is 1. The summed E-state index contributed by atoms with van der Waals surface area (Å²) >= 11 is 1.54. The number of benzene rings is 1. The van der Waals surface area contributed by atoms with Crippen molar-refractivity contribution in [3.63, 3.8) is 0 Å². The average molecular weight is 328 g/mol. The van der Waals surface area contributed by atoms with E-state index in [1.165, 1.54) is 35.8 Å². The van der Waals surface area contributed by atoms with Crippen LogP contribution < -0.4 is 5.43 Å². The van der Waals surface area contributed by atoms with Crippen LogP contribution in [0.15, 0.2) is 46.9 Å². The summed E-state index contributed by atoms with van der Waals surface area (Å²) < 4.78 is 0. The second-order valence-electron chi connectivity index (χ2n) is 4.59. The molecule has 116 valence electrons. The van der Waals surface area contributed by atoms with E-state index in [1.807, 2.05) is 17.5 Å². The zero-order valence-electron chi connectivity index (χ0n) is 11.7.